The van der Waals surface area contributed by atoms with Crippen LogP contribution in [0.15, 0.2) is 18.2 Å². The van der Waals surface area contributed by atoms with Gasteiger partial charge < -0.3 is 19.7 Å². The first-order valence-corrected chi connectivity index (χ1v) is 7.79. The first kappa shape index (κ1) is 16.3. The van der Waals surface area contributed by atoms with Crippen LogP contribution in [0.25, 0.3) is 0 Å². The molecule has 2 rings (SSSR count). The number of benzene rings is 1. The van der Waals surface area contributed by atoms with Gasteiger partial charge in [-0.3, -0.25) is 0 Å². The lowest BCUT2D eigenvalue weighted by Crippen LogP contribution is -2.39. The fourth-order valence-corrected chi connectivity index (χ4v) is 2.85. The quantitative estimate of drug-likeness (QED) is 0.791. The summed E-state index contributed by atoms with van der Waals surface area (Å²) >= 11 is 0. The third-order valence-corrected chi connectivity index (χ3v) is 4.25. The number of nitrogens with one attached hydrogen (secondary N) is 1. The Morgan fingerprint density at radius 3 is 2.86 bits per heavy atom. The molecule has 1 aliphatic carbocycles. The van der Waals surface area contributed by atoms with Crippen molar-refractivity contribution < 1.29 is 9.47 Å². The summed E-state index contributed by atoms with van der Waals surface area (Å²) in [5.41, 5.74) is 2.91. The van der Waals surface area contributed by atoms with Crippen LogP contribution in [-0.4, -0.2) is 58.5 Å². The Hall–Kier alpha value is -1.10. The van der Waals surface area contributed by atoms with Gasteiger partial charge in [-0.15, -0.1) is 0 Å². The third kappa shape index (κ3) is 4.99. The molecule has 0 amide bonds. The van der Waals surface area contributed by atoms with Crippen molar-refractivity contribution in [3.8, 4) is 5.75 Å². The SMILES string of the molecule is COCCN(C)CCNC1CCc2ccc(OC)cc2C1. The van der Waals surface area contributed by atoms with Crippen LogP contribution < -0.4 is 10.1 Å². The van der Waals surface area contributed by atoms with E-state index in [0.717, 1.165) is 44.8 Å². The summed E-state index contributed by atoms with van der Waals surface area (Å²) in [6, 6.07) is 7.05. The first-order chi connectivity index (χ1) is 10.2. The van der Waals surface area contributed by atoms with Crippen molar-refractivity contribution in [3.05, 3.63) is 29.3 Å². The van der Waals surface area contributed by atoms with Crippen molar-refractivity contribution in [2.75, 3.05) is 47.5 Å². The summed E-state index contributed by atoms with van der Waals surface area (Å²) in [5, 5.41) is 3.68. The summed E-state index contributed by atoms with van der Waals surface area (Å²) in [6.45, 7) is 3.88. The molecule has 1 aromatic rings. The molecule has 21 heavy (non-hydrogen) atoms. The predicted octanol–water partition coefficient (Wildman–Crippen LogP) is 1.72. The van der Waals surface area contributed by atoms with Crippen molar-refractivity contribution in [1.29, 1.82) is 0 Å². The van der Waals surface area contributed by atoms with Gasteiger partial charge in [-0.25, -0.2) is 0 Å². The van der Waals surface area contributed by atoms with Gasteiger partial charge in [-0.2, -0.15) is 0 Å². The molecule has 4 heteroatoms. The normalized spacial score (nSPS) is 17.8. The third-order valence-electron chi connectivity index (χ3n) is 4.25. The molecule has 0 saturated carbocycles. The second-order valence-electron chi connectivity index (χ2n) is 5.82. The summed E-state index contributed by atoms with van der Waals surface area (Å²) in [4.78, 5) is 2.30. The molecule has 0 aromatic heterocycles. The van der Waals surface area contributed by atoms with E-state index in [1.54, 1.807) is 14.2 Å². The lowest BCUT2D eigenvalue weighted by atomic mass is 9.88. The van der Waals surface area contributed by atoms with Gasteiger partial charge in [0.2, 0.25) is 0 Å². The summed E-state index contributed by atoms with van der Waals surface area (Å²) in [7, 11) is 5.62. The maximum absolute atomic E-state index is 5.33. The highest BCUT2D eigenvalue weighted by molar-refractivity contribution is 5.37. The van der Waals surface area contributed by atoms with E-state index in [4.69, 9.17) is 9.47 Å². The Balaban J connectivity index is 1.76. The van der Waals surface area contributed by atoms with E-state index >= 15 is 0 Å². The lowest BCUT2D eigenvalue weighted by molar-refractivity contribution is 0.161. The molecule has 1 N–H and O–H groups in total. The van der Waals surface area contributed by atoms with Crippen LogP contribution in [0.1, 0.15) is 17.5 Å². The first-order valence-electron chi connectivity index (χ1n) is 7.79. The van der Waals surface area contributed by atoms with E-state index < -0.39 is 0 Å². The molecular formula is C17H28N2O2. The standard InChI is InChI=1S/C17H28N2O2/c1-19(10-11-20-2)9-8-18-16-6-4-14-5-7-17(21-3)13-15(14)12-16/h5,7,13,16,18H,4,6,8-12H2,1-3H3. The van der Waals surface area contributed by atoms with Gasteiger partial charge in [0.15, 0.2) is 0 Å². The number of ether oxygens (including phenoxy) is 2. The Morgan fingerprint density at radius 1 is 1.24 bits per heavy atom. The number of hydrogen-bond donors (Lipinski definition) is 1. The largest absolute Gasteiger partial charge is 0.497 e. The number of fused-ring (bicyclic) bond motifs is 1. The number of hydrogen-bond acceptors (Lipinski definition) is 4. The van der Waals surface area contributed by atoms with Gasteiger partial charge in [0.1, 0.15) is 5.75 Å². The summed E-state index contributed by atoms with van der Waals surface area (Å²) in [5.74, 6) is 0.966. The van der Waals surface area contributed by atoms with Gasteiger partial charge in [0.25, 0.3) is 0 Å². The molecule has 1 unspecified atom stereocenters. The second kappa shape index (κ2) is 8.37. The van der Waals surface area contributed by atoms with E-state index in [9.17, 15) is 0 Å². The van der Waals surface area contributed by atoms with Crippen LogP contribution in [-0.2, 0) is 17.6 Å². The van der Waals surface area contributed by atoms with Gasteiger partial charge >= 0.3 is 0 Å². The van der Waals surface area contributed by atoms with Crippen LogP contribution in [0.4, 0.5) is 0 Å². The molecule has 1 aliphatic rings. The van der Waals surface area contributed by atoms with Crippen molar-refractivity contribution >= 4 is 0 Å². The lowest BCUT2D eigenvalue weighted by Gasteiger charge is -2.27. The summed E-state index contributed by atoms with van der Waals surface area (Å²) in [6.07, 6.45) is 3.49. The molecule has 0 aliphatic heterocycles. The highest BCUT2D eigenvalue weighted by atomic mass is 16.5. The summed E-state index contributed by atoms with van der Waals surface area (Å²) < 4.78 is 10.4. The molecule has 1 aromatic carbocycles. The van der Waals surface area contributed by atoms with E-state index in [2.05, 4.69) is 35.5 Å². The van der Waals surface area contributed by atoms with Gasteiger partial charge in [-0.1, -0.05) is 6.07 Å². The highest BCUT2D eigenvalue weighted by Gasteiger charge is 2.18. The fourth-order valence-electron chi connectivity index (χ4n) is 2.85. The zero-order valence-corrected chi connectivity index (χ0v) is 13.5. The molecule has 0 saturated heterocycles. The van der Waals surface area contributed by atoms with Crippen LogP contribution >= 0.6 is 0 Å². The van der Waals surface area contributed by atoms with Crippen molar-refractivity contribution in [1.82, 2.24) is 10.2 Å². The Labute approximate surface area is 128 Å². The molecule has 1 atom stereocenters. The molecule has 0 bridgehead atoms. The monoisotopic (exact) mass is 292 g/mol. The van der Waals surface area contributed by atoms with Crippen molar-refractivity contribution in [3.63, 3.8) is 0 Å². The number of methoxy groups -OCH3 is 2. The van der Waals surface area contributed by atoms with Crippen LogP contribution in [0.2, 0.25) is 0 Å². The molecule has 0 fully saturated rings. The van der Waals surface area contributed by atoms with Crippen LogP contribution in [0.3, 0.4) is 0 Å². The maximum atomic E-state index is 5.33. The average molecular weight is 292 g/mol. The van der Waals surface area contributed by atoms with E-state index in [-0.39, 0.29) is 0 Å². The van der Waals surface area contributed by atoms with Crippen molar-refractivity contribution in [2.24, 2.45) is 0 Å². The van der Waals surface area contributed by atoms with Crippen LogP contribution in [0.5, 0.6) is 5.75 Å². The second-order valence-corrected chi connectivity index (χ2v) is 5.82. The molecule has 118 valence electrons. The molecule has 0 radical (unpaired) electrons. The van der Waals surface area contributed by atoms with Gasteiger partial charge in [-0.05, 0) is 49.6 Å². The number of aryl methyl sites for hydroxylation is 1. The zero-order valence-electron chi connectivity index (χ0n) is 13.5. The maximum Gasteiger partial charge on any atom is 0.119 e. The van der Waals surface area contributed by atoms with Gasteiger partial charge in [0, 0.05) is 32.8 Å². The number of likely N-dealkylation sites (N-methyl/N-ethyl adjacent to an activating group) is 1. The molecule has 0 heterocycles. The molecule has 4 nitrogen and oxygen atoms in total. The Morgan fingerprint density at radius 2 is 2.10 bits per heavy atom. The average Bonchev–Trinajstić information content (AvgIpc) is 2.52. The highest BCUT2D eigenvalue weighted by Crippen LogP contribution is 2.25. The smallest absolute Gasteiger partial charge is 0.119 e. The van der Waals surface area contributed by atoms with Gasteiger partial charge in [0.05, 0.1) is 13.7 Å². The predicted molar refractivity (Wildman–Crippen MR) is 86.2 cm³/mol. The van der Waals surface area contributed by atoms with E-state index in [1.165, 1.54) is 17.5 Å². The Kier molecular flexibility index (Phi) is 6.49. The zero-order chi connectivity index (χ0) is 15.1. The molecular weight excluding hydrogens is 264 g/mol. The Bertz CT molecular complexity index is 437. The number of rotatable bonds is 8. The minimum absolute atomic E-state index is 0.584. The topological polar surface area (TPSA) is 33.7 Å². The van der Waals surface area contributed by atoms with Crippen molar-refractivity contribution in [2.45, 2.75) is 25.3 Å². The minimum atomic E-state index is 0.584. The van der Waals surface area contributed by atoms with E-state index in [0.29, 0.717) is 6.04 Å². The molecule has 0 spiro atoms. The minimum Gasteiger partial charge on any atom is -0.497 e. The fraction of sp³-hybridized carbons (Fsp3) is 0.647. The number of nitrogens with zero attached hydrogens (tertiary/aromatic N) is 1. The van der Waals surface area contributed by atoms with Crippen LogP contribution in [0, 0.1) is 0 Å². The van der Waals surface area contributed by atoms with E-state index in [1.807, 2.05) is 0 Å².